The van der Waals surface area contributed by atoms with E-state index in [-0.39, 0.29) is 23.3 Å². The molecule has 3 heterocycles. The summed E-state index contributed by atoms with van der Waals surface area (Å²) in [4.78, 5) is 28.6. The number of thioether (sulfide) groups is 1. The Balaban J connectivity index is 1.23. The predicted octanol–water partition coefficient (Wildman–Crippen LogP) is 6.10. The highest BCUT2D eigenvalue weighted by Gasteiger charge is 2.42. The molecule has 11 heteroatoms. The summed E-state index contributed by atoms with van der Waals surface area (Å²) >= 11 is 4.10. The number of thiophene rings is 1. The number of carbonyl (C=O) groups excluding carboxylic acids is 2. The van der Waals surface area contributed by atoms with Crippen molar-refractivity contribution in [3.63, 3.8) is 0 Å². The van der Waals surface area contributed by atoms with Gasteiger partial charge < -0.3 is 11.1 Å². The third-order valence-corrected chi connectivity index (χ3v) is 10.1. The molecule has 1 unspecified atom stereocenters. The molecule has 1 aliphatic carbocycles. The molecule has 0 saturated carbocycles. The Bertz CT molecular complexity index is 1760. The average Bonchev–Trinajstić information content (AvgIpc) is 3.60. The van der Waals surface area contributed by atoms with E-state index in [1.807, 2.05) is 60.8 Å². The van der Waals surface area contributed by atoms with Crippen molar-refractivity contribution >= 4 is 67.7 Å². The molecule has 40 heavy (non-hydrogen) atoms. The molecule has 0 fully saturated rings. The first-order chi connectivity index (χ1) is 19.4. The number of nitrogens with zero attached hydrogens (tertiary/aromatic N) is 4. The molecule has 0 radical (unpaired) electrons. The van der Waals surface area contributed by atoms with Gasteiger partial charge in [0.25, 0.3) is 0 Å². The molecule has 3 N–H and O–H groups in total. The molecule has 1 aliphatic heterocycles. The normalized spacial score (nSPS) is 17.2. The number of nitrogens with two attached hydrogens (primary N) is 1. The molecule has 2 aromatic heterocycles. The number of ketones is 1. The van der Waals surface area contributed by atoms with Crippen LogP contribution >= 0.6 is 34.4 Å². The number of amides is 1. The molecular weight excluding hydrogens is 561 g/mol. The molecule has 1 atom stereocenters. The second-order valence-corrected chi connectivity index (χ2v) is 12.7. The van der Waals surface area contributed by atoms with Gasteiger partial charge in [0.2, 0.25) is 11.0 Å². The maximum atomic E-state index is 13.3. The van der Waals surface area contributed by atoms with Gasteiger partial charge in [-0.05, 0) is 59.7 Å². The number of benzene rings is 2. The van der Waals surface area contributed by atoms with Crippen molar-refractivity contribution in [2.75, 3.05) is 16.0 Å². The minimum atomic E-state index is -0.468. The third kappa shape index (κ3) is 4.79. The molecule has 0 spiro atoms. The number of rotatable bonds is 6. The Labute approximate surface area is 243 Å². The first kappa shape index (κ1) is 26.3. The van der Waals surface area contributed by atoms with Gasteiger partial charge in [-0.2, -0.15) is 5.26 Å². The lowest BCUT2D eigenvalue weighted by molar-refractivity contribution is -0.116. The van der Waals surface area contributed by atoms with E-state index in [4.69, 9.17) is 5.73 Å². The van der Waals surface area contributed by atoms with E-state index in [2.05, 4.69) is 21.6 Å². The standard InChI is InChI=1S/C29H24N6O2S3/c1-16-11-12-38-26(16)24-20(14-30)27(31)35(21-7-4-8-22(36)25(21)24)28-33-34-29(40-28)39-15-23(37)32-19-10-9-17-5-2-3-6-18(17)13-19/h2-3,5-6,9-13,24H,4,7-8,15,31H2,1H3,(H,32,37). The first-order valence-electron chi connectivity index (χ1n) is 12.7. The Kier molecular flexibility index (Phi) is 7.14. The van der Waals surface area contributed by atoms with Crippen LogP contribution in [0.25, 0.3) is 10.8 Å². The van der Waals surface area contributed by atoms with E-state index in [9.17, 15) is 14.9 Å². The minimum absolute atomic E-state index is 0.0359. The number of nitrogens with one attached hydrogen (secondary N) is 1. The lowest BCUT2D eigenvalue weighted by atomic mass is 9.78. The Hall–Kier alpha value is -3.98. The van der Waals surface area contributed by atoms with Gasteiger partial charge in [0, 0.05) is 28.3 Å². The fourth-order valence-corrected chi connectivity index (χ4v) is 7.92. The first-order valence-corrected chi connectivity index (χ1v) is 15.4. The van der Waals surface area contributed by atoms with Crippen molar-refractivity contribution < 1.29 is 9.59 Å². The van der Waals surface area contributed by atoms with Crippen molar-refractivity contribution in [3.8, 4) is 6.07 Å². The SMILES string of the molecule is Cc1ccsc1C1C(C#N)=C(N)N(c2nnc(SCC(=O)Nc3ccc4ccccc4c3)s2)C2=C1C(=O)CCC2. The maximum absolute atomic E-state index is 13.3. The summed E-state index contributed by atoms with van der Waals surface area (Å²) in [6.45, 7) is 1.99. The second-order valence-electron chi connectivity index (χ2n) is 9.53. The van der Waals surface area contributed by atoms with Gasteiger partial charge in [-0.1, -0.05) is 53.4 Å². The zero-order valence-electron chi connectivity index (χ0n) is 21.5. The van der Waals surface area contributed by atoms with E-state index in [1.54, 1.807) is 4.90 Å². The molecule has 2 aliphatic rings. The zero-order chi connectivity index (χ0) is 27.8. The number of nitriles is 1. The van der Waals surface area contributed by atoms with Gasteiger partial charge in [-0.25, -0.2) is 0 Å². The van der Waals surface area contributed by atoms with Crippen LogP contribution in [0.5, 0.6) is 0 Å². The van der Waals surface area contributed by atoms with Crippen LogP contribution in [0.2, 0.25) is 0 Å². The third-order valence-electron chi connectivity index (χ3n) is 7.02. The number of allylic oxidation sites excluding steroid dienone is 3. The zero-order valence-corrected chi connectivity index (χ0v) is 24.0. The Morgan fingerprint density at radius 2 is 2.02 bits per heavy atom. The van der Waals surface area contributed by atoms with E-state index in [0.717, 1.165) is 32.6 Å². The highest BCUT2D eigenvalue weighted by molar-refractivity contribution is 8.01. The van der Waals surface area contributed by atoms with Gasteiger partial charge in [0.15, 0.2) is 10.1 Å². The molecule has 0 bridgehead atoms. The van der Waals surface area contributed by atoms with Crippen LogP contribution in [0.1, 0.15) is 35.6 Å². The Morgan fingerprint density at radius 3 is 2.80 bits per heavy atom. The summed E-state index contributed by atoms with van der Waals surface area (Å²) in [7, 11) is 0. The highest BCUT2D eigenvalue weighted by Crippen LogP contribution is 2.48. The van der Waals surface area contributed by atoms with Gasteiger partial charge in [0.1, 0.15) is 5.82 Å². The molecule has 1 amide bonds. The van der Waals surface area contributed by atoms with E-state index < -0.39 is 5.92 Å². The Morgan fingerprint density at radius 1 is 1.20 bits per heavy atom. The monoisotopic (exact) mass is 584 g/mol. The van der Waals surface area contributed by atoms with Crippen LogP contribution in [0, 0.1) is 18.3 Å². The smallest absolute Gasteiger partial charge is 0.234 e. The topological polar surface area (TPSA) is 125 Å². The summed E-state index contributed by atoms with van der Waals surface area (Å²) < 4.78 is 0.593. The molecule has 8 nitrogen and oxygen atoms in total. The quantitative estimate of drug-likeness (QED) is 0.261. The number of hydrogen-bond acceptors (Lipinski definition) is 10. The van der Waals surface area contributed by atoms with Crippen molar-refractivity contribution in [1.29, 1.82) is 5.26 Å². The van der Waals surface area contributed by atoms with Crippen LogP contribution in [-0.2, 0) is 9.59 Å². The van der Waals surface area contributed by atoms with Crippen molar-refractivity contribution in [2.45, 2.75) is 36.4 Å². The summed E-state index contributed by atoms with van der Waals surface area (Å²) in [5.74, 6) is -0.158. The minimum Gasteiger partial charge on any atom is -0.384 e. The lowest BCUT2D eigenvalue weighted by Gasteiger charge is -2.37. The van der Waals surface area contributed by atoms with E-state index >= 15 is 0 Å². The lowest BCUT2D eigenvalue weighted by Crippen LogP contribution is -2.38. The van der Waals surface area contributed by atoms with Crippen LogP contribution in [0.15, 0.2) is 80.9 Å². The number of aryl methyl sites for hydroxylation is 1. The number of Topliss-reactive ketones (excluding diaryl/α,β-unsaturated/α-hetero) is 1. The summed E-state index contributed by atoms with van der Waals surface area (Å²) in [6, 6.07) is 18.1. The molecule has 200 valence electrons. The fraction of sp³-hybridized carbons (Fsp3) is 0.207. The number of aromatic nitrogens is 2. The molecule has 6 rings (SSSR count). The van der Waals surface area contributed by atoms with Gasteiger partial charge in [-0.3, -0.25) is 14.5 Å². The summed E-state index contributed by atoms with van der Waals surface area (Å²) in [5.41, 5.74) is 10.2. The second kappa shape index (κ2) is 10.9. The van der Waals surface area contributed by atoms with E-state index in [1.165, 1.54) is 34.4 Å². The van der Waals surface area contributed by atoms with Gasteiger partial charge >= 0.3 is 0 Å². The maximum Gasteiger partial charge on any atom is 0.234 e. The van der Waals surface area contributed by atoms with Crippen molar-refractivity contribution in [3.05, 3.63) is 87.0 Å². The summed E-state index contributed by atoms with van der Waals surface area (Å²) in [6.07, 6.45) is 1.79. The number of carbonyl (C=O) groups is 2. The highest BCUT2D eigenvalue weighted by atomic mass is 32.2. The molecule has 4 aromatic rings. The predicted molar refractivity (Wildman–Crippen MR) is 160 cm³/mol. The van der Waals surface area contributed by atoms with Crippen molar-refractivity contribution in [1.82, 2.24) is 10.2 Å². The molecular formula is C29H24N6O2S3. The van der Waals surface area contributed by atoms with Gasteiger partial charge in [-0.15, -0.1) is 21.5 Å². The molecule has 0 saturated heterocycles. The van der Waals surface area contributed by atoms with Crippen molar-refractivity contribution in [2.24, 2.45) is 5.73 Å². The average molecular weight is 585 g/mol. The number of fused-ring (bicyclic) bond motifs is 1. The van der Waals surface area contributed by atoms with Crippen LogP contribution in [-0.4, -0.2) is 27.6 Å². The van der Waals surface area contributed by atoms with E-state index in [0.29, 0.717) is 39.9 Å². The van der Waals surface area contributed by atoms with Crippen LogP contribution < -0.4 is 16.0 Å². The number of anilines is 2. The molecule has 2 aromatic carbocycles. The fourth-order valence-electron chi connectivity index (χ4n) is 5.19. The summed E-state index contributed by atoms with van der Waals surface area (Å²) in [5, 5.41) is 26.3. The largest absolute Gasteiger partial charge is 0.384 e. The van der Waals surface area contributed by atoms with Crippen LogP contribution in [0.3, 0.4) is 0 Å². The number of hydrogen-bond donors (Lipinski definition) is 2. The van der Waals surface area contributed by atoms with Crippen LogP contribution in [0.4, 0.5) is 10.8 Å². The van der Waals surface area contributed by atoms with Gasteiger partial charge in [0.05, 0.1) is 23.3 Å².